The smallest absolute Gasteiger partial charge is 0.336 e. The molecule has 1 aromatic rings. The summed E-state index contributed by atoms with van der Waals surface area (Å²) in [5.41, 5.74) is 2.17. The number of carbonyl (C=O) groups is 2. The molecule has 0 amide bonds. The van der Waals surface area contributed by atoms with Gasteiger partial charge in [-0.3, -0.25) is 4.79 Å². The molecule has 0 heterocycles. The molecule has 1 aliphatic rings. The zero-order valence-electron chi connectivity index (χ0n) is 10.1. The molecule has 1 aromatic carbocycles. The minimum Gasteiger partial charge on any atom is -0.478 e. The molecule has 1 unspecified atom stereocenters. The number of aliphatic hydroxyl groups is 2. The van der Waals surface area contributed by atoms with Gasteiger partial charge < -0.3 is 15.3 Å². The second-order valence-corrected chi connectivity index (χ2v) is 4.09. The van der Waals surface area contributed by atoms with E-state index in [-0.39, 0.29) is 23.7 Å². The number of benzene rings is 1. The van der Waals surface area contributed by atoms with Crippen molar-refractivity contribution in [1.29, 1.82) is 0 Å². The molecule has 3 N–H and O–H groups in total. The largest absolute Gasteiger partial charge is 0.478 e. The number of aldehydes is 1. The zero-order valence-corrected chi connectivity index (χ0v) is 10.1. The molecule has 1 atom stereocenters. The molecule has 0 saturated carbocycles. The molecular formula is C13H16O5. The van der Waals surface area contributed by atoms with Crippen molar-refractivity contribution < 1.29 is 24.9 Å². The van der Waals surface area contributed by atoms with Crippen LogP contribution in [0.5, 0.6) is 0 Å². The van der Waals surface area contributed by atoms with Gasteiger partial charge in [-0.05, 0) is 42.0 Å². The number of hydrogen-bond donors (Lipinski definition) is 3. The molecule has 5 nitrogen and oxygen atoms in total. The first kappa shape index (κ1) is 14.3. The number of carboxylic acids is 1. The van der Waals surface area contributed by atoms with E-state index in [2.05, 4.69) is 0 Å². The van der Waals surface area contributed by atoms with E-state index >= 15 is 0 Å². The third-order valence-electron chi connectivity index (χ3n) is 3.00. The molecular weight excluding hydrogens is 236 g/mol. The highest BCUT2D eigenvalue weighted by Crippen LogP contribution is 2.28. The van der Waals surface area contributed by atoms with E-state index in [4.69, 9.17) is 15.3 Å². The van der Waals surface area contributed by atoms with Crippen molar-refractivity contribution in [3.63, 3.8) is 0 Å². The molecule has 0 fully saturated rings. The van der Waals surface area contributed by atoms with Gasteiger partial charge in [-0.25, -0.2) is 4.79 Å². The van der Waals surface area contributed by atoms with Crippen LogP contribution in [0.25, 0.3) is 0 Å². The maximum absolute atomic E-state index is 10.9. The van der Waals surface area contributed by atoms with Gasteiger partial charge in [0.15, 0.2) is 6.29 Å². The predicted octanol–water partition coefficient (Wildman–Crippen LogP) is 0.513. The Bertz CT molecular complexity index is 453. The van der Waals surface area contributed by atoms with Crippen molar-refractivity contribution in [3.8, 4) is 0 Å². The Hall–Kier alpha value is -1.72. The average molecular weight is 252 g/mol. The summed E-state index contributed by atoms with van der Waals surface area (Å²) in [6.07, 6.45) is 1.97. The molecule has 0 saturated heterocycles. The number of rotatable bonds is 3. The summed E-state index contributed by atoms with van der Waals surface area (Å²) in [5, 5.41) is 25.0. The Labute approximate surface area is 105 Å². The van der Waals surface area contributed by atoms with Crippen molar-refractivity contribution in [2.75, 3.05) is 13.7 Å². The number of hydrogen-bond acceptors (Lipinski definition) is 4. The molecule has 0 radical (unpaired) electrons. The van der Waals surface area contributed by atoms with Crippen LogP contribution in [0.3, 0.4) is 0 Å². The van der Waals surface area contributed by atoms with E-state index in [1.165, 1.54) is 0 Å². The van der Waals surface area contributed by atoms with Crippen LogP contribution in [0, 0.1) is 5.92 Å². The summed E-state index contributed by atoms with van der Waals surface area (Å²) in [5.74, 6) is -0.934. The molecule has 98 valence electrons. The fourth-order valence-electron chi connectivity index (χ4n) is 2.19. The van der Waals surface area contributed by atoms with E-state index in [1.54, 1.807) is 12.1 Å². The highest BCUT2D eigenvalue weighted by Gasteiger charge is 2.23. The molecule has 0 bridgehead atoms. The molecule has 0 aliphatic heterocycles. The van der Waals surface area contributed by atoms with Crippen LogP contribution in [0.4, 0.5) is 0 Å². The van der Waals surface area contributed by atoms with Crippen molar-refractivity contribution in [3.05, 3.63) is 34.4 Å². The van der Waals surface area contributed by atoms with E-state index in [9.17, 15) is 9.59 Å². The van der Waals surface area contributed by atoms with Crippen LogP contribution in [0.1, 0.15) is 31.8 Å². The van der Waals surface area contributed by atoms with Crippen LogP contribution >= 0.6 is 0 Å². The van der Waals surface area contributed by atoms with E-state index in [0.29, 0.717) is 19.1 Å². The van der Waals surface area contributed by atoms with Gasteiger partial charge >= 0.3 is 5.97 Å². The number of carboxylic acid groups (broad SMARTS) is 1. The van der Waals surface area contributed by atoms with Crippen LogP contribution < -0.4 is 0 Å². The summed E-state index contributed by atoms with van der Waals surface area (Å²) < 4.78 is 0. The number of fused-ring (bicyclic) bond motifs is 1. The van der Waals surface area contributed by atoms with Gasteiger partial charge in [0.05, 0.1) is 5.56 Å². The molecule has 0 aromatic heterocycles. The van der Waals surface area contributed by atoms with Crippen molar-refractivity contribution in [1.82, 2.24) is 0 Å². The molecule has 1 aliphatic carbocycles. The Balaban J connectivity index is 0.000000771. The van der Waals surface area contributed by atoms with Gasteiger partial charge in [0.25, 0.3) is 0 Å². The number of carbonyl (C=O) groups excluding carboxylic acids is 1. The van der Waals surface area contributed by atoms with Gasteiger partial charge in [-0.2, -0.15) is 0 Å². The van der Waals surface area contributed by atoms with Crippen LogP contribution in [-0.4, -0.2) is 41.3 Å². The second-order valence-electron chi connectivity index (χ2n) is 4.09. The summed E-state index contributed by atoms with van der Waals surface area (Å²) >= 11 is 0. The monoisotopic (exact) mass is 252 g/mol. The van der Waals surface area contributed by atoms with Gasteiger partial charge in [0.2, 0.25) is 0 Å². The van der Waals surface area contributed by atoms with E-state index in [1.807, 2.05) is 0 Å². The lowest BCUT2D eigenvalue weighted by molar-refractivity contribution is 0.0694. The lowest BCUT2D eigenvalue weighted by Gasteiger charge is -2.04. The maximum atomic E-state index is 10.9. The third-order valence-corrected chi connectivity index (χ3v) is 3.00. The first-order valence-electron chi connectivity index (χ1n) is 5.55. The zero-order chi connectivity index (χ0) is 13.7. The molecule has 5 heteroatoms. The van der Waals surface area contributed by atoms with Gasteiger partial charge in [0.1, 0.15) is 0 Å². The fourth-order valence-corrected chi connectivity index (χ4v) is 2.19. The lowest BCUT2D eigenvalue weighted by Crippen LogP contribution is -2.04. The van der Waals surface area contributed by atoms with Crippen LogP contribution in [-0.2, 0) is 12.8 Å². The minimum atomic E-state index is -1.09. The SMILES string of the molecule is CO.O=Cc1cc2c(cc1C(=O)O)CC(CO)C2. The standard InChI is InChI=1S/C12H12O4.CH4O/c13-5-7-1-8-3-10(6-14)11(12(15)16)4-9(8)2-7;1-2/h3-4,6-7,13H,1-2,5H2,(H,15,16);2H,1H3. The molecule has 0 spiro atoms. The molecule has 2 rings (SSSR count). The molecule has 18 heavy (non-hydrogen) atoms. The number of aromatic carboxylic acids is 1. The summed E-state index contributed by atoms with van der Waals surface area (Å²) in [6.45, 7) is 0.0908. The highest BCUT2D eigenvalue weighted by molar-refractivity contribution is 5.97. The van der Waals surface area contributed by atoms with Crippen LogP contribution in [0.2, 0.25) is 0 Å². The quantitative estimate of drug-likeness (QED) is 0.681. The Morgan fingerprint density at radius 2 is 1.89 bits per heavy atom. The minimum absolute atomic E-state index is 0.0485. The third kappa shape index (κ3) is 2.75. The van der Waals surface area contributed by atoms with Crippen molar-refractivity contribution >= 4 is 12.3 Å². The average Bonchev–Trinajstić information content (AvgIpc) is 2.81. The normalized spacial score (nSPS) is 16.5. The van der Waals surface area contributed by atoms with Gasteiger partial charge in [0, 0.05) is 19.3 Å². The van der Waals surface area contributed by atoms with Crippen molar-refractivity contribution in [2.45, 2.75) is 12.8 Å². The van der Waals surface area contributed by atoms with Gasteiger partial charge in [-0.15, -0.1) is 0 Å². The van der Waals surface area contributed by atoms with Crippen LogP contribution in [0.15, 0.2) is 12.1 Å². The Kier molecular flexibility index (Phi) is 5.00. The van der Waals surface area contributed by atoms with E-state index in [0.717, 1.165) is 18.2 Å². The fraction of sp³-hybridized carbons (Fsp3) is 0.385. The first-order valence-corrected chi connectivity index (χ1v) is 5.55. The first-order chi connectivity index (χ1) is 8.65. The van der Waals surface area contributed by atoms with E-state index < -0.39 is 5.97 Å². The predicted molar refractivity (Wildman–Crippen MR) is 64.9 cm³/mol. The lowest BCUT2D eigenvalue weighted by atomic mass is 10.0. The van der Waals surface area contributed by atoms with Gasteiger partial charge in [-0.1, -0.05) is 0 Å². The maximum Gasteiger partial charge on any atom is 0.336 e. The summed E-state index contributed by atoms with van der Waals surface area (Å²) in [6, 6.07) is 3.18. The Morgan fingerprint density at radius 3 is 2.33 bits per heavy atom. The topological polar surface area (TPSA) is 94.8 Å². The second kappa shape index (κ2) is 6.28. The highest BCUT2D eigenvalue weighted by atomic mass is 16.4. The Morgan fingerprint density at radius 1 is 1.33 bits per heavy atom. The van der Waals surface area contributed by atoms with Crippen molar-refractivity contribution in [2.24, 2.45) is 5.92 Å². The number of aliphatic hydroxyl groups excluding tert-OH is 2. The summed E-state index contributed by atoms with van der Waals surface area (Å²) in [7, 11) is 1.00. The summed E-state index contributed by atoms with van der Waals surface area (Å²) in [4.78, 5) is 21.7.